The van der Waals surface area contributed by atoms with E-state index >= 15 is 0 Å². The van der Waals surface area contributed by atoms with E-state index in [0.29, 0.717) is 18.9 Å². The van der Waals surface area contributed by atoms with E-state index in [1.807, 2.05) is 13.8 Å². The lowest BCUT2D eigenvalue weighted by Crippen LogP contribution is -2.49. The van der Waals surface area contributed by atoms with Gasteiger partial charge < -0.3 is 9.64 Å². The molecule has 0 saturated carbocycles. The number of ether oxygens (including phenoxy) is 1. The number of halogens is 1. The van der Waals surface area contributed by atoms with Crippen LogP contribution < -0.4 is 5.32 Å². The number of carbonyl (C=O) groups is 1. The summed E-state index contributed by atoms with van der Waals surface area (Å²) >= 11 is 0. The minimum absolute atomic E-state index is 0.0145. The second kappa shape index (κ2) is 5.30. The third-order valence-corrected chi connectivity index (χ3v) is 2.67. The van der Waals surface area contributed by atoms with Crippen molar-refractivity contribution >= 4 is 11.8 Å². The fourth-order valence-corrected chi connectivity index (χ4v) is 1.98. The normalized spacial score (nSPS) is 23.8. The summed E-state index contributed by atoms with van der Waals surface area (Å²) in [5.74, 6) is -0.0881. The predicted molar refractivity (Wildman–Crippen MR) is 64.8 cm³/mol. The highest BCUT2D eigenvalue weighted by Gasteiger charge is 2.25. The number of aromatic nitrogens is 1. The van der Waals surface area contributed by atoms with Crippen molar-refractivity contribution in [1.82, 2.24) is 9.88 Å². The highest BCUT2D eigenvalue weighted by molar-refractivity contribution is 5.88. The molecule has 2 rings (SSSR count). The summed E-state index contributed by atoms with van der Waals surface area (Å²) in [6, 6.07) is 2.45. The first-order valence-corrected chi connectivity index (χ1v) is 5.87. The van der Waals surface area contributed by atoms with Crippen molar-refractivity contribution in [1.29, 1.82) is 0 Å². The molecule has 5 nitrogen and oxygen atoms in total. The number of morpholine rings is 1. The molecule has 1 aliphatic heterocycles. The van der Waals surface area contributed by atoms with Crippen molar-refractivity contribution in [3.05, 3.63) is 24.1 Å². The summed E-state index contributed by atoms with van der Waals surface area (Å²) in [7, 11) is 0. The predicted octanol–water partition coefficient (Wildman–Crippen LogP) is 1.86. The summed E-state index contributed by atoms with van der Waals surface area (Å²) < 4.78 is 18.2. The highest BCUT2D eigenvalue weighted by atomic mass is 19.1. The molecule has 2 amide bonds. The van der Waals surface area contributed by atoms with Gasteiger partial charge >= 0.3 is 6.03 Å². The number of anilines is 1. The van der Waals surface area contributed by atoms with Crippen molar-refractivity contribution in [3.8, 4) is 0 Å². The minimum Gasteiger partial charge on any atom is -0.372 e. The molecule has 18 heavy (non-hydrogen) atoms. The molecule has 0 unspecified atom stereocenters. The topological polar surface area (TPSA) is 54.5 Å². The molecule has 1 aliphatic rings. The number of amides is 2. The Labute approximate surface area is 105 Å². The Bertz CT molecular complexity index is 414. The summed E-state index contributed by atoms with van der Waals surface area (Å²) in [6.45, 7) is 4.92. The smallest absolute Gasteiger partial charge is 0.323 e. The number of nitrogens with zero attached hydrogens (tertiary/aromatic N) is 2. The van der Waals surface area contributed by atoms with E-state index in [2.05, 4.69) is 10.3 Å². The van der Waals surface area contributed by atoms with Gasteiger partial charge in [0.2, 0.25) is 0 Å². The van der Waals surface area contributed by atoms with E-state index in [-0.39, 0.29) is 18.2 Å². The first-order valence-electron chi connectivity index (χ1n) is 5.87. The van der Waals surface area contributed by atoms with Gasteiger partial charge in [0.15, 0.2) is 0 Å². The lowest BCUT2D eigenvalue weighted by molar-refractivity contribution is -0.0530. The summed E-state index contributed by atoms with van der Waals surface area (Å²) in [4.78, 5) is 17.4. The molecule has 0 bridgehead atoms. The standard InChI is InChI=1S/C12H16FN3O2/c1-8-6-16(7-9(2)18-8)12(17)15-11-4-3-10(13)5-14-11/h3-5,8-9H,6-7H2,1-2H3,(H,14,15,17)/t8-,9+. The van der Waals surface area contributed by atoms with Crippen LogP contribution in [0.4, 0.5) is 15.0 Å². The molecule has 2 atom stereocenters. The number of nitrogens with one attached hydrogen (secondary N) is 1. The van der Waals surface area contributed by atoms with Crippen LogP contribution >= 0.6 is 0 Å². The minimum atomic E-state index is -0.429. The maximum atomic E-state index is 12.7. The van der Waals surface area contributed by atoms with E-state index in [1.165, 1.54) is 12.1 Å². The van der Waals surface area contributed by atoms with Crippen LogP contribution in [0.3, 0.4) is 0 Å². The van der Waals surface area contributed by atoms with Crippen molar-refractivity contribution < 1.29 is 13.9 Å². The monoisotopic (exact) mass is 253 g/mol. The van der Waals surface area contributed by atoms with Crippen molar-refractivity contribution in [2.24, 2.45) is 0 Å². The van der Waals surface area contributed by atoms with E-state index in [1.54, 1.807) is 4.90 Å². The van der Waals surface area contributed by atoms with Gasteiger partial charge in [-0.25, -0.2) is 14.2 Å². The molecule has 1 aromatic rings. The molecule has 0 radical (unpaired) electrons. The van der Waals surface area contributed by atoms with Gasteiger partial charge in [-0.15, -0.1) is 0 Å². The van der Waals surface area contributed by atoms with Crippen molar-refractivity contribution in [3.63, 3.8) is 0 Å². The molecule has 1 N–H and O–H groups in total. The zero-order chi connectivity index (χ0) is 13.1. The van der Waals surface area contributed by atoms with Crippen LogP contribution in [0, 0.1) is 5.82 Å². The van der Waals surface area contributed by atoms with E-state index in [0.717, 1.165) is 6.20 Å². The van der Waals surface area contributed by atoms with Gasteiger partial charge in [0.25, 0.3) is 0 Å². The number of hydrogen-bond donors (Lipinski definition) is 1. The lowest BCUT2D eigenvalue weighted by Gasteiger charge is -2.35. The zero-order valence-corrected chi connectivity index (χ0v) is 10.4. The molecule has 6 heteroatoms. The average Bonchev–Trinajstić information content (AvgIpc) is 2.31. The Kier molecular flexibility index (Phi) is 3.76. The van der Waals surface area contributed by atoms with Crippen LogP contribution in [0.25, 0.3) is 0 Å². The second-order valence-corrected chi connectivity index (χ2v) is 4.45. The fraction of sp³-hybridized carbons (Fsp3) is 0.500. The molecule has 1 aromatic heterocycles. The van der Waals surface area contributed by atoms with Crippen LogP contribution in [0.15, 0.2) is 18.3 Å². The van der Waals surface area contributed by atoms with Gasteiger partial charge in [-0.2, -0.15) is 0 Å². The van der Waals surface area contributed by atoms with Crippen LogP contribution in [-0.4, -0.2) is 41.2 Å². The maximum Gasteiger partial charge on any atom is 0.323 e. The Morgan fingerprint density at radius 1 is 1.44 bits per heavy atom. The number of pyridine rings is 1. The van der Waals surface area contributed by atoms with Crippen molar-refractivity contribution in [2.45, 2.75) is 26.1 Å². The molecule has 1 fully saturated rings. The average molecular weight is 253 g/mol. The molecule has 1 saturated heterocycles. The Hall–Kier alpha value is -1.69. The largest absolute Gasteiger partial charge is 0.372 e. The van der Waals surface area contributed by atoms with Gasteiger partial charge in [-0.05, 0) is 26.0 Å². The quantitative estimate of drug-likeness (QED) is 0.831. The molecular weight excluding hydrogens is 237 g/mol. The third kappa shape index (κ3) is 3.16. The summed E-state index contributed by atoms with van der Waals surface area (Å²) in [5.41, 5.74) is 0. The van der Waals surface area contributed by atoms with Crippen molar-refractivity contribution in [2.75, 3.05) is 18.4 Å². The number of hydrogen-bond acceptors (Lipinski definition) is 3. The molecular formula is C12H16FN3O2. The maximum absolute atomic E-state index is 12.7. The third-order valence-electron chi connectivity index (χ3n) is 2.67. The fourth-order valence-electron chi connectivity index (χ4n) is 1.98. The first kappa shape index (κ1) is 12.8. The Morgan fingerprint density at radius 3 is 2.67 bits per heavy atom. The molecule has 98 valence electrons. The SMILES string of the molecule is C[C@@H]1CN(C(=O)Nc2ccc(F)cn2)C[C@H](C)O1. The van der Waals surface area contributed by atoms with Gasteiger partial charge in [-0.1, -0.05) is 0 Å². The molecule has 0 aromatic carbocycles. The first-order chi connectivity index (χ1) is 8.54. The van der Waals surface area contributed by atoms with Gasteiger partial charge in [0, 0.05) is 13.1 Å². The van der Waals surface area contributed by atoms with Crippen LogP contribution in [-0.2, 0) is 4.74 Å². The molecule has 0 aliphatic carbocycles. The number of rotatable bonds is 1. The summed E-state index contributed by atoms with van der Waals surface area (Å²) in [6.07, 6.45) is 1.10. The highest BCUT2D eigenvalue weighted by Crippen LogP contribution is 2.12. The van der Waals surface area contributed by atoms with E-state index < -0.39 is 5.82 Å². The summed E-state index contributed by atoms with van der Waals surface area (Å²) in [5, 5.41) is 2.63. The zero-order valence-electron chi connectivity index (χ0n) is 10.4. The van der Waals surface area contributed by atoms with Crippen LogP contribution in [0.1, 0.15) is 13.8 Å². The number of carbonyl (C=O) groups excluding carboxylic acids is 1. The van der Waals surface area contributed by atoms with E-state index in [9.17, 15) is 9.18 Å². The number of urea groups is 1. The second-order valence-electron chi connectivity index (χ2n) is 4.45. The molecule has 2 heterocycles. The van der Waals surface area contributed by atoms with Crippen LogP contribution in [0.2, 0.25) is 0 Å². The van der Waals surface area contributed by atoms with Gasteiger partial charge in [0.05, 0.1) is 18.4 Å². The van der Waals surface area contributed by atoms with Crippen LogP contribution in [0.5, 0.6) is 0 Å². The Morgan fingerprint density at radius 2 is 2.11 bits per heavy atom. The Balaban J connectivity index is 1.97. The molecule has 0 spiro atoms. The van der Waals surface area contributed by atoms with E-state index in [4.69, 9.17) is 4.74 Å². The lowest BCUT2D eigenvalue weighted by atomic mass is 10.2. The van der Waals surface area contributed by atoms with Gasteiger partial charge in [0.1, 0.15) is 11.6 Å². The van der Waals surface area contributed by atoms with Gasteiger partial charge in [-0.3, -0.25) is 5.32 Å².